The van der Waals surface area contributed by atoms with E-state index in [4.69, 9.17) is 9.47 Å². The van der Waals surface area contributed by atoms with Gasteiger partial charge in [0, 0.05) is 24.9 Å². The number of aromatic nitrogens is 2. The van der Waals surface area contributed by atoms with Crippen LogP contribution in [0.5, 0.6) is 5.88 Å². The number of amides is 1. The molecule has 1 atom stereocenters. The Hall–Kier alpha value is -1.99. The van der Waals surface area contributed by atoms with Crippen LogP contribution in [-0.4, -0.2) is 36.1 Å². The number of pyridine rings is 1. The highest BCUT2D eigenvalue weighted by Crippen LogP contribution is 2.22. The Kier molecular flexibility index (Phi) is 6.49. The second kappa shape index (κ2) is 8.59. The lowest BCUT2D eigenvalue weighted by Gasteiger charge is -2.08. The van der Waals surface area contributed by atoms with Crippen molar-refractivity contribution >= 4 is 17.2 Å². The van der Waals surface area contributed by atoms with E-state index in [9.17, 15) is 4.79 Å². The van der Waals surface area contributed by atoms with Gasteiger partial charge in [0.05, 0.1) is 13.3 Å². The molecule has 0 saturated carbocycles. The van der Waals surface area contributed by atoms with Gasteiger partial charge in [0.2, 0.25) is 5.88 Å². The minimum atomic E-state index is -0.125. The first-order chi connectivity index (χ1) is 11.2. The first-order valence-electron chi connectivity index (χ1n) is 7.49. The standard InChI is InChI=1S/C16H21N3O3S/c1-4-22-11(2)16-19-10-13(23-16)14(20)17-9-7-12-6-5-8-18-15(12)21-3/h5-6,8,10-11H,4,7,9H2,1-3H3,(H,17,20). The number of hydrogen-bond acceptors (Lipinski definition) is 6. The van der Waals surface area contributed by atoms with Crippen LogP contribution in [-0.2, 0) is 11.2 Å². The van der Waals surface area contributed by atoms with Crippen molar-refractivity contribution in [2.45, 2.75) is 26.4 Å². The van der Waals surface area contributed by atoms with E-state index >= 15 is 0 Å². The molecule has 6 nitrogen and oxygen atoms in total. The molecule has 0 aromatic carbocycles. The fraction of sp³-hybridized carbons (Fsp3) is 0.438. The fourth-order valence-corrected chi connectivity index (χ4v) is 2.93. The number of nitrogens with zero attached hydrogens (tertiary/aromatic N) is 2. The van der Waals surface area contributed by atoms with E-state index in [1.165, 1.54) is 11.3 Å². The van der Waals surface area contributed by atoms with Gasteiger partial charge in [-0.2, -0.15) is 0 Å². The molecule has 2 heterocycles. The van der Waals surface area contributed by atoms with E-state index in [2.05, 4.69) is 15.3 Å². The van der Waals surface area contributed by atoms with Gasteiger partial charge < -0.3 is 14.8 Å². The van der Waals surface area contributed by atoms with Gasteiger partial charge in [-0.1, -0.05) is 6.07 Å². The molecule has 0 aliphatic rings. The number of carbonyl (C=O) groups excluding carboxylic acids is 1. The SMILES string of the molecule is CCOC(C)c1ncc(C(=O)NCCc2cccnc2OC)s1. The molecule has 2 rings (SSSR count). The van der Waals surface area contributed by atoms with Crippen molar-refractivity contribution in [1.29, 1.82) is 0 Å². The number of thiazole rings is 1. The second-order valence-corrected chi connectivity index (χ2v) is 5.90. The predicted molar refractivity (Wildman–Crippen MR) is 89.0 cm³/mol. The highest BCUT2D eigenvalue weighted by Gasteiger charge is 2.14. The third-order valence-corrected chi connectivity index (χ3v) is 4.39. The van der Waals surface area contributed by atoms with Gasteiger partial charge in [-0.25, -0.2) is 9.97 Å². The third kappa shape index (κ3) is 4.74. The maximum absolute atomic E-state index is 12.2. The van der Waals surface area contributed by atoms with Crippen LogP contribution in [0.25, 0.3) is 0 Å². The first kappa shape index (κ1) is 17.4. The highest BCUT2D eigenvalue weighted by atomic mass is 32.1. The Balaban J connectivity index is 1.87. The number of carbonyl (C=O) groups is 1. The zero-order chi connectivity index (χ0) is 16.7. The van der Waals surface area contributed by atoms with Gasteiger partial charge in [-0.15, -0.1) is 11.3 Å². The number of rotatable bonds is 8. The molecule has 0 spiro atoms. The predicted octanol–water partition coefficient (Wildman–Crippen LogP) is 2.62. The van der Waals surface area contributed by atoms with Crippen molar-refractivity contribution in [3.8, 4) is 5.88 Å². The molecule has 0 bridgehead atoms. The van der Waals surface area contributed by atoms with Crippen molar-refractivity contribution in [2.24, 2.45) is 0 Å². The van der Waals surface area contributed by atoms with Crippen LogP contribution in [0.4, 0.5) is 0 Å². The molecule has 0 aliphatic carbocycles. The molecule has 1 unspecified atom stereocenters. The van der Waals surface area contributed by atoms with Crippen LogP contribution in [0.3, 0.4) is 0 Å². The number of nitrogens with one attached hydrogen (secondary N) is 1. The third-order valence-electron chi connectivity index (χ3n) is 3.24. The molecule has 2 aromatic heterocycles. The molecule has 23 heavy (non-hydrogen) atoms. The molecule has 7 heteroatoms. The van der Waals surface area contributed by atoms with E-state index in [1.54, 1.807) is 19.5 Å². The average molecular weight is 335 g/mol. The van der Waals surface area contributed by atoms with E-state index in [1.807, 2.05) is 26.0 Å². The monoisotopic (exact) mass is 335 g/mol. The summed E-state index contributed by atoms with van der Waals surface area (Å²) in [5.41, 5.74) is 0.963. The first-order valence-corrected chi connectivity index (χ1v) is 8.30. The summed E-state index contributed by atoms with van der Waals surface area (Å²) in [7, 11) is 1.59. The minimum Gasteiger partial charge on any atom is -0.481 e. The molecule has 124 valence electrons. The Morgan fingerprint density at radius 1 is 1.43 bits per heavy atom. The summed E-state index contributed by atoms with van der Waals surface area (Å²) in [5, 5.41) is 3.70. The van der Waals surface area contributed by atoms with Crippen molar-refractivity contribution < 1.29 is 14.3 Å². The minimum absolute atomic E-state index is 0.0915. The summed E-state index contributed by atoms with van der Waals surface area (Å²) in [6, 6.07) is 3.79. The van der Waals surface area contributed by atoms with Crippen molar-refractivity contribution in [3.05, 3.63) is 40.0 Å². The van der Waals surface area contributed by atoms with Gasteiger partial charge in [-0.3, -0.25) is 4.79 Å². The van der Waals surface area contributed by atoms with E-state index < -0.39 is 0 Å². The Morgan fingerprint density at radius 2 is 2.26 bits per heavy atom. The largest absolute Gasteiger partial charge is 0.481 e. The van der Waals surface area contributed by atoms with Crippen LogP contribution in [0, 0.1) is 0 Å². The van der Waals surface area contributed by atoms with Crippen LogP contribution in [0.15, 0.2) is 24.5 Å². The molecule has 1 N–H and O–H groups in total. The van der Waals surface area contributed by atoms with Crippen LogP contribution >= 0.6 is 11.3 Å². The van der Waals surface area contributed by atoms with E-state index in [0.29, 0.717) is 30.3 Å². The van der Waals surface area contributed by atoms with E-state index in [-0.39, 0.29) is 12.0 Å². The average Bonchev–Trinajstić information content (AvgIpc) is 3.05. The normalized spacial score (nSPS) is 12.0. The van der Waals surface area contributed by atoms with Gasteiger partial charge >= 0.3 is 0 Å². The molecule has 0 aliphatic heterocycles. The lowest BCUT2D eigenvalue weighted by molar-refractivity contribution is 0.0762. The molecule has 0 saturated heterocycles. The fourth-order valence-electron chi connectivity index (χ4n) is 2.10. The van der Waals surface area contributed by atoms with Crippen molar-refractivity contribution in [3.63, 3.8) is 0 Å². The summed E-state index contributed by atoms with van der Waals surface area (Å²) in [5.74, 6) is 0.465. The number of methoxy groups -OCH3 is 1. The number of ether oxygens (including phenoxy) is 2. The zero-order valence-electron chi connectivity index (χ0n) is 13.5. The van der Waals surface area contributed by atoms with Crippen molar-refractivity contribution in [2.75, 3.05) is 20.3 Å². The molecule has 0 fully saturated rings. The molecule has 2 aromatic rings. The van der Waals surface area contributed by atoms with Gasteiger partial charge in [0.1, 0.15) is 16.0 Å². The lowest BCUT2D eigenvalue weighted by atomic mass is 10.2. The molecule has 0 radical (unpaired) electrons. The summed E-state index contributed by atoms with van der Waals surface area (Å²) in [4.78, 5) is 21.1. The topological polar surface area (TPSA) is 73.3 Å². The second-order valence-electron chi connectivity index (χ2n) is 4.84. The number of hydrogen-bond donors (Lipinski definition) is 1. The Bertz CT molecular complexity index is 645. The Morgan fingerprint density at radius 3 is 3.00 bits per heavy atom. The lowest BCUT2D eigenvalue weighted by Crippen LogP contribution is -2.25. The smallest absolute Gasteiger partial charge is 0.263 e. The summed E-state index contributed by atoms with van der Waals surface area (Å²) in [6.45, 7) is 4.99. The van der Waals surface area contributed by atoms with Gasteiger partial charge in [-0.05, 0) is 26.3 Å². The maximum atomic E-state index is 12.2. The maximum Gasteiger partial charge on any atom is 0.263 e. The zero-order valence-corrected chi connectivity index (χ0v) is 14.4. The molecule has 1 amide bonds. The summed E-state index contributed by atoms with van der Waals surface area (Å²) < 4.78 is 10.7. The van der Waals surface area contributed by atoms with Crippen LogP contribution in [0.2, 0.25) is 0 Å². The summed E-state index contributed by atoms with van der Waals surface area (Å²) >= 11 is 1.36. The molecular formula is C16H21N3O3S. The van der Waals surface area contributed by atoms with Gasteiger partial charge in [0.15, 0.2) is 0 Å². The van der Waals surface area contributed by atoms with Crippen molar-refractivity contribution in [1.82, 2.24) is 15.3 Å². The summed E-state index contributed by atoms with van der Waals surface area (Å²) in [6.07, 6.45) is 3.84. The molecular weight excluding hydrogens is 314 g/mol. The van der Waals surface area contributed by atoms with Crippen LogP contribution in [0.1, 0.15) is 40.2 Å². The quantitative estimate of drug-likeness (QED) is 0.803. The van der Waals surface area contributed by atoms with Crippen LogP contribution < -0.4 is 10.1 Å². The van der Waals surface area contributed by atoms with E-state index in [0.717, 1.165) is 10.6 Å². The van der Waals surface area contributed by atoms with Gasteiger partial charge in [0.25, 0.3) is 5.91 Å². The highest BCUT2D eigenvalue weighted by molar-refractivity contribution is 7.13. The Labute approximate surface area is 139 Å².